The highest BCUT2D eigenvalue weighted by atomic mass is 16.5. The Kier molecular flexibility index (Phi) is 6.24. The average Bonchev–Trinajstić information content (AvgIpc) is 2.54. The molecule has 0 saturated carbocycles. The molecular formula is C20H24O3. The van der Waals surface area contributed by atoms with E-state index in [1.807, 2.05) is 43.3 Å². The van der Waals surface area contributed by atoms with Gasteiger partial charge in [0.2, 0.25) is 0 Å². The van der Waals surface area contributed by atoms with Gasteiger partial charge in [-0.25, -0.2) is 0 Å². The summed E-state index contributed by atoms with van der Waals surface area (Å²) in [6, 6.07) is 13.8. The van der Waals surface area contributed by atoms with Crippen LogP contribution < -0.4 is 4.74 Å². The lowest BCUT2D eigenvalue weighted by Gasteiger charge is -2.13. The van der Waals surface area contributed by atoms with Gasteiger partial charge in [0, 0.05) is 5.56 Å². The molecule has 2 aromatic carbocycles. The summed E-state index contributed by atoms with van der Waals surface area (Å²) in [5.41, 5.74) is 3.96. The fraction of sp³-hybridized carbons (Fsp3) is 0.300. The average molecular weight is 312 g/mol. The lowest BCUT2D eigenvalue weighted by Crippen LogP contribution is -2.01. The number of phenolic OH excluding ortho intramolecular Hbond substituents is 1. The fourth-order valence-corrected chi connectivity index (χ4v) is 2.46. The minimum Gasteiger partial charge on any atom is -0.508 e. The van der Waals surface area contributed by atoms with Crippen LogP contribution in [0, 0.1) is 6.92 Å². The number of hydrogen-bond donors (Lipinski definition) is 1. The lowest BCUT2D eigenvalue weighted by atomic mass is 10.0. The minimum absolute atomic E-state index is 0.278. The molecule has 1 N–H and O–H groups in total. The van der Waals surface area contributed by atoms with E-state index in [4.69, 9.17) is 9.47 Å². The van der Waals surface area contributed by atoms with Crippen molar-refractivity contribution >= 4 is 0 Å². The highest BCUT2D eigenvalue weighted by Crippen LogP contribution is 2.31. The third-order valence-corrected chi connectivity index (χ3v) is 3.70. The first-order valence-electron chi connectivity index (χ1n) is 7.75. The van der Waals surface area contributed by atoms with Crippen LogP contribution in [0.1, 0.15) is 23.1 Å². The first kappa shape index (κ1) is 17.1. The van der Waals surface area contributed by atoms with Crippen molar-refractivity contribution in [3.05, 3.63) is 71.3 Å². The van der Waals surface area contributed by atoms with Crippen molar-refractivity contribution in [2.75, 3.05) is 13.7 Å². The van der Waals surface area contributed by atoms with E-state index in [0.717, 1.165) is 34.4 Å². The maximum absolute atomic E-state index is 10.1. The molecule has 122 valence electrons. The Hall–Kier alpha value is -2.26. The summed E-state index contributed by atoms with van der Waals surface area (Å²) in [5, 5.41) is 10.1. The quantitative estimate of drug-likeness (QED) is 0.734. The monoisotopic (exact) mass is 312 g/mol. The van der Waals surface area contributed by atoms with Crippen LogP contribution in [0.2, 0.25) is 0 Å². The van der Waals surface area contributed by atoms with Crippen LogP contribution in [0.25, 0.3) is 0 Å². The smallest absolute Gasteiger partial charge is 0.126 e. The number of phenols is 1. The van der Waals surface area contributed by atoms with Gasteiger partial charge in [0.15, 0.2) is 0 Å². The molecule has 3 heteroatoms. The van der Waals surface area contributed by atoms with Crippen molar-refractivity contribution in [2.45, 2.75) is 26.4 Å². The molecular weight excluding hydrogens is 288 g/mol. The molecule has 0 amide bonds. The first-order valence-corrected chi connectivity index (χ1v) is 7.75. The SMILES string of the molecule is C=C(CCc1c(O)cc(C)cc1OC)COCc1ccccc1. The zero-order chi connectivity index (χ0) is 16.7. The molecule has 0 aliphatic heterocycles. The number of aryl methyl sites for hydroxylation is 1. The van der Waals surface area contributed by atoms with Crippen molar-refractivity contribution in [1.29, 1.82) is 0 Å². The van der Waals surface area contributed by atoms with Crippen LogP contribution in [0.3, 0.4) is 0 Å². The maximum atomic E-state index is 10.1. The van der Waals surface area contributed by atoms with Gasteiger partial charge < -0.3 is 14.6 Å². The van der Waals surface area contributed by atoms with E-state index in [9.17, 15) is 5.11 Å². The molecule has 0 heterocycles. The molecule has 0 aliphatic carbocycles. The van der Waals surface area contributed by atoms with Crippen LogP contribution in [0.4, 0.5) is 0 Å². The van der Waals surface area contributed by atoms with E-state index in [-0.39, 0.29) is 5.75 Å². The molecule has 0 fully saturated rings. The lowest BCUT2D eigenvalue weighted by molar-refractivity contribution is 0.141. The van der Waals surface area contributed by atoms with Gasteiger partial charge in [-0.05, 0) is 43.0 Å². The Morgan fingerprint density at radius 3 is 2.61 bits per heavy atom. The standard InChI is InChI=1S/C20H24O3/c1-15(13-23-14-17-7-5-4-6-8-17)9-10-18-19(21)11-16(2)12-20(18)22-3/h4-8,11-12,21H,1,9-10,13-14H2,2-3H3. The Balaban J connectivity index is 1.83. The number of benzene rings is 2. The van der Waals surface area contributed by atoms with Gasteiger partial charge >= 0.3 is 0 Å². The second-order valence-corrected chi connectivity index (χ2v) is 5.69. The summed E-state index contributed by atoms with van der Waals surface area (Å²) in [6.07, 6.45) is 1.44. The Bertz CT molecular complexity index is 647. The molecule has 0 spiro atoms. The third-order valence-electron chi connectivity index (χ3n) is 3.70. The second kappa shape index (κ2) is 8.39. The van der Waals surface area contributed by atoms with Crippen LogP contribution in [-0.2, 0) is 17.8 Å². The molecule has 0 aliphatic rings. The Morgan fingerprint density at radius 2 is 1.91 bits per heavy atom. The molecule has 0 unspecified atom stereocenters. The van der Waals surface area contributed by atoms with Crippen LogP contribution in [0.5, 0.6) is 11.5 Å². The fourth-order valence-electron chi connectivity index (χ4n) is 2.46. The second-order valence-electron chi connectivity index (χ2n) is 5.69. The summed E-state index contributed by atoms with van der Waals surface area (Å²) < 4.78 is 11.0. The highest BCUT2D eigenvalue weighted by Gasteiger charge is 2.10. The Morgan fingerprint density at radius 1 is 1.17 bits per heavy atom. The van der Waals surface area contributed by atoms with E-state index in [1.54, 1.807) is 13.2 Å². The van der Waals surface area contributed by atoms with Crippen LogP contribution in [-0.4, -0.2) is 18.8 Å². The molecule has 0 saturated heterocycles. The largest absolute Gasteiger partial charge is 0.508 e. The topological polar surface area (TPSA) is 38.7 Å². The Labute approximate surface area is 138 Å². The minimum atomic E-state index is 0.278. The number of aromatic hydroxyl groups is 1. The van der Waals surface area contributed by atoms with Crippen molar-refractivity contribution in [1.82, 2.24) is 0 Å². The summed E-state index contributed by atoms with van der Waals surface area (Å²) in [6.45, 7) is 7.09. The number of methoxy groups -OCH3 is 1. The van der Waals surface area contributed by atoms with Crippen LogP contribution >= 0.6 is 0 Å². The summed E-state index contributed by atoms with van der Waals surface area (Å²) in [4.78, 5) is 0. The van der Waals surface area contributed by atoms with Gasteiger partial charge in [-0.3, -0.25) is 0 Å². The summed E-state index contributed by atoms with van der Waals surface area (Å²) in [7, 11) is 1.62. The molecule has 23 heavy (non-hydrogen) atoms. The molecule has 0 aromatic heterocycles. The van der Waals surface area contributed by atoms with Gasteiger partial charge in [-0.2, -0.15) is 0 Å². The van der Waals surface area contributed by atoms with Gasteiger partial charge in [-0.1, -0.05) is 42.5 Å². The van der Waals surface area contributed by atoms with Crippen molar-refractivity contribution < 1.29 is 14.6 Å². The number of hydrogen-bond acceptors (Lipinski definition) is 3. The predicted octanol–water partition coefficient (Wildman–Crippen LogP) is 4.41. The van der Waals surface area contributed by atoms with E-state index in [2.05, 4.69) is 6.58 Å². The van der Waals surface area contributed by atoms with Gasteiger partial charge in [0.1, 0.15) is 11.5 Å². The predicted molar refractivity (Wildman–Crippen MR) is 93.0 cm³/mol. The first-order chi connectivity index (χ1) is 11.1. The third kappa shape index (κ3) is 5.15. The van der Waals surface area contributed by atoms with Crippen LogP contribution in [0.15, 0.2) is 54.6 Å². The van der Waals surface area contributed by atoms with E-state index < -0.39 is 0 Å². The van der Waals surface area contributed by atoms with Gasteiger partial charge in [0.05, 0.1) is 20.3 Å². The molecule has 2 rings (SSSR count). The molecule has 0 atom stereocenters. The summed E-state index contributed by atoms with van der Waals surface area (Å²) in [5.74, 6) is 1.00. The summed E-state index contributed by atoms with van der Waals surface area (Å²) >= 11 is 0. The zero-order valence-corrected chi connectivity index (χ0v) is 13.8. The highest BCUT2D eigenvalue weighted by molar-refractivity contribution is 5.47. The molecule has 0 bridgehead atoms. The molecule has 0 radical (unpaired) electrons. The zero-order valence-electron chi connectivity index (χ0n) is 13.8. The maximum Gasteiger partial charge on any atom is 0.126 e. The van der Waals surface area contributed by atoms with E-state index in [0.29, 0.717) is 19.6 Å². The van der Waals surface area contributed by atoms with Crippen molar-refractivity contribution in [2.24, 2.45) is 0 Å². The van der Waals surface area contributed by atoms with Crippen molar-refractivity contribution in [3.63, 3.8) is 0 Å². The van der Waals surface area contributed by atoms with E-state index in [1.165, 1.54) is 0 Å². The van der Waals surface area contributed by atoms with Gasteiger partial charge in [0.25, 0.3) is 0 Å². The van der Waals surface area contributed by atoms with Crippen molar-refractivity contribution in [3.8, 4) is 11.5 Å². The molecule has 3 nitrogen and oxygen atoms in total. The van der Waals surface area contributed by atoms with Gasteiger partial charge in [-0.15, -0.1) is 0 Å². The molecule has 2 aromatic rings. The number of rotatable bonds is 8. The number of ether oxygens (including phenoxy) is 2. The van der Waals surface area contributed by atoms with E-state index >= 15 is 0 Å². The normalized spacial score (nSPS) is 10.5.